The number of aromatic nitrogens is 2. The molecule has 0 bridgehead atoms. The summed E-state index contributed by atoms with van der Waals surface area (Å²) in [6, 6.07) is -0.189. The van der Waals surface area contributed by atoms with Crippen LogP contribution in [0.15, 0.2) is 27.5 Å². The lowest BCUT2D eigenvalue weighted by molar-refractivity contribution is -0.136. The van der Waals surface area contributed by atoms with Crippen LogP contribution in [0.25, 0.3) is 0 Å². The average molecular weight is 565 g/mol. The van der Waals surface area contributed by atoms with Gasteiger partial charge in [0.05, 0.1) is 31.4 Å². The van der Waals surface area contributed by atoms with Gasteiger partial charge in [-0.15, -0.1) is 17.5 Å². The number of hydrogen-bond donors (Lipinski definition) is 3. The van der Waals surface area contributed by atoms with Crippen molar-refractivity contribution in [2.45, 2.75) is 76.4 Å². The molecule has 1 aromatic rings. The van der Waals surface area contributed by atoms with Crippen LogP contribution in [0.5, 0.6) is 0 Å². The summed E-state index contributed by atoms with van der Waals surface area (Å²) < 4.78 is 5.76. The number of likely N-dealkylation sites (tertiary alicyclic amines) is 1. The molecule has 12 heteroatoms. The number of piperidine rings is 2. The Morgan fingerprint density at radius 3 is 2.87 bits per heavy atom. The van der Waals surface area contributed by atoms with Gasteiger partial charge in [-0.3, -0.25) is 9.63 Å². The smallest absolute Gasteiger partial charge is 0.222 e. The maximum atomic E-state index is 12.7. The summed E-state index contributed by atoms with van der Waals surface area (Å²) in [5.41, 5.74) is 7.40. The summed E-state index contributed by atoms with van der Waals surface area (Å²) >= 11 is 0. The van der Waals surface area contributed by atoms with Gasteiger partial charge < -0.3 is 25.8 Å². The Balaban J connectivity index is 0.00000353. The first-order valence-electron chi connectivity index (χ1n) is 14.3. The SMILES string of the molecule is CCC(CON1C=NC=C(C2NC[C@H](N)[C@@H]2N2CCCCC2=O)C1)C1(c2cnno2)CCNCC1C(C)C.Cl. The lowest BCUT2D eigenvalue weighted by Gasteiger charge is -2.49. The molecular formula is C27H45ClN8O3. The number of halogens is 1. The van der Waals surface area contributed by atoms with E-state index in [1.165, 1.54) is 0 Å². The molecule has 3 saturated heterocycles. The van der Waals surface area contributed by atoms with Crippen molar-refractivity contribution in [3.05, 3.63) is 23.7 Å². The largest absolute Gasteiger partial charge is 0.342 e. The third-order valence-corrected chi connectivity index (χ3v) is 9.28. The van der Waals surface area contributed by atoms with E-state index < -0.39 is 0 Å². The third-order valence-electron chi connectivity index (χ3n) is 9.28. The maximum absolute atomic E-state index is 12.7. The molecule has 4 N–H and O–H groups in total. The fraction of sp³-hybridized carbons (Fsp3) is 0.778. The zero-order valence-corrected chi connectivity index (χ0v) is 24.2. The van der Waals surface area contributed by atoms with Crippen molar-refractivity contribution in [2.75, 3.05) is 39.3 Å². The van der Waals surface area contributed by atoms with E-state index in [4.69, 9.17) is 15.1 Å². The van der Waals surface area contributed by atoms with Gasteiger partial charge in [-0.05, 0) is 55.7 Å². The molecule has 1 amide bonds. The Bertz CT molecular complexity index is 1010. The highest BCUT2D eigenvalue weighted by atomic mass is 35.5. The summed E-state index contributed by atoms with van der Waals surface area (Å²) in [7, 11) is 0. The minimum absolute atomic E-state index is 0. The molecule has 3 fully saturated rings. The van der Waals surface area contributed by atoms with Crippen molar-refractivity contribution in [2.24, 2.45) is 28.5 Å². The van der Waals surface area contributed by atoms with Crippen molar-refractivity contribution in [3.8, 4) is 0 Å². The molecule has 0 aliphatic carbocycles. The summed E-state index contributed by atoms with van der Waals surface area (Å²) in [5, 5.41) is 16.9. The van der Waals surface area contributed by atoms with Crippen LogP contribution in [0.1, 0.15) is 58.6 Å². The number of hydroxylamine groups is 2. The highest BCUT2D eigenvalue weighted by molar-refractivity contribution is 5.85. The molecule has 4 aliphatic rings. The molecule has 1 aromatic heterocycles. The molecule has 39 heavy (non-hydrogen) atoms. The van der Waals surface area contributed by atoms with E-state index >= 15 is 0 Å². The van der Waals surface area contributed by atoms with Gasteiger partial charge in [0.15, 0.2) is 5.76 Å². The van der Waals surface area contributed by atoms with Crippen LogP contribution in [-0.2, 0) is 15.0 Å². The average Bonchev–Trinajstić information content (AvgIpc) is 3.60. The topological polar surface area (TPSA) is 134 Å². The van der Waals surface area contributed by atoms with Crippen LogP contribution in [-0.4, -0.2) is 90.0 Å². The Morgan fingerprint density at radius 2 is 2.15 bits per heavy atom. The number of rotatable bonds is 9. The van der Waals surface area contributed by atoms with Crippen molar-refractivity contribution in [1.29, 1.82) is 0 Å². The van der Waals surface area contributed by atoms with Crippen molar-refractivity contribution >= 4 is 24.7 Å². The van der Waals surface area contributed by atoms with Gasteiger partial charge in [0.1, 0.15) is 6.34 Å². The second-order valence-electron chi connectivity index (χ2n) is 11.7. The van der Waals surface area contributed by atoms with Crippen LogP contribution in [0.3, 0.4) is 0 Å². The zero-order chi connectivity index (χ0) is 26.7. The fourth-order valence-electron chi connectivity index (χ4n) is 7.33. The quantitative estimate of drug-likeness (QED) is 0.411. The van der Waals surface area contributed by atoms with Crippen LogP contribution >= 0.6 is 12.4 Å². The van der Waals surface area contributed by atoms with E-state index in [1.807, 2.05) is 16.2 Å². The van der Waals surface area contributed by atoms with Crippen molar-refractivity contribution < 1.29 is 14.2 Å². The van der Waals surface area contributed by atoms with Gasteiger partial charge in [0.2, 0.25) is 5.91 Å². The van der Waals surface area contributed by atoms with E-state index in [0.29, 0.717) is 38.0 Å². The van der Waals surface area contributed by atoms with Crippen LogP contribution < -0.4 is 16.4 Å². The highest BCUT2D eigenvalue weighted by Gasteiger charge is 2.51. The number of nitrogens with one attached hydrogen (secondary N) is 2. The second-order valence-corrected chi connectivity index (χ2v) is 11.7. The monoisotopic (exact) mass is 564 g/mol. The Morgan fingerprint density at radius 1 is 1.31 bits per heavy atom. The summed E-state index contributed by atoms with van der Waals surface area (Å²) in [6.45, 7) is 11.2. The lowest BCUT2D eigenvalue weighted by Crippen LogP contribution is -2.56. The number of nitrogens with two attached hydrogens (primary N) is 1. The third kappa shape index (κ3) is 5.88. The molecule has 218 valence electrons. The Labute approximate surface area is 237 Å². The first-order chi connectivity index (χ1) is 18.5. The zero-order valence-electron chi connectivity index (χ0n) is 23.4. The fourth-order valence-corrected chi connectivity index (χ4v) is 7.33. The number of nitrogens with zero attached hydrogens (tertiary/aromatic N) is 5. The first kappa shape index (κ1) is 29.9. The first-order valence-corrected chi connectivity index (χ1v) is 14.3. The van der Waals surface area contributed by atoms with Gasteiger partial charge in [-0.2, -0.15) is 0 Å². The number of carbonyl (C=O) groups excluding carboxylic acids is 1. The molecule has 11 nitrogen and oxygen atoms in total. The highest BCUT2D eigenvalue weighted by Crippen LogP contribution is 2.48. The second kappa shape index (κ2) is 13.1. The van der Waals surface area contributed by atoms with Crippen LogP contribution in [0, 0.1) is 17.8 Å². The molecule has 0 radical (unpaired) electrons. The number of hydrogen-bond acceptors (Lipinski definition) is 10. The van der Waals surface area contributed by atoms with E-state index in [-0.39, 0.29) is 47.8 Å². The standard InChI is InChI=1S/C27H44N8O3.ClH/c1-4-20(27(23-14-32-33-38-23)8-9-29-12-21(27)18(2)3)16-37-34-15-19(11-30-17-34)25-26(22(28)13-31-25)35-10-6-5-7-24(35)36;/h11,14,17-18,20-22,25-26,29,31H,4-10,12-13,15-16,28H2,1-3H3;1H/t20?,21?,22-,25?,26-,27?;/m0./s1. The molecule has 0 saturated carbocycles. The number of carbonyl (C=O) groups is 1. The number of amides is 1. The van der Waals surface area contributed by atoms with Gasteiger partial charge in [0, 0.05) is 42.4 Å². The van der Waals surface area contributed by atoms with Gasteiger partial charge in [-0.1, -0.05) is 27.2 Å². The van der Waals surface area contributed by atoms with Gasteiger partial charge in [-0.25, -0.2) is 10.1 Å². The lowest BCUT2D eigenvalue weighted by atomic mass is 9.58. The molecule has 0 aromatic carbocycles. The molecule has 6 atom stereocenters. The van der Waals surface area contributed by atoms with E-state index in [2.05, 4.69) is 46.8 Å². The molecule has 4 unspecified atom stereocenters. The van der Waals surface area contributed by atoms with Crippen LogP contribution in [0.2, 0.25) is 0 Å². The van der Waals surface area contributed by atoms with Crippen molar-refractivity contribution in [1.82, 2.24) is 31.0 Å². The number of aliphatic imine (C=N–C) groups is 1. The molecule has 4 aliphatic heterocycles. The van der Waals surface area contributed by atoms with Crippen molar-refractivity contribution in [3.63, 3.8) is 0 Å². The summed E-state index contributed by atoms with van der Waals surface area (Å²) in [5.74, 6) is 2.11. The van der Waals surface area contributed by atoms with Gasteiger partial charge >= 0.3 is 0 Å². The predicted octanol–water partition coefficient (Wildman–Crippen LogP) is 1.86. The molecule has 0 spiro atoms. The maximum Gasteiger partial charge on any atom is 0.222 e. The molecule has 5 rings (SSSR count). The summed E-state index contributed by atoms with van der Waals surface area (Å²) in [4.78, 5) is 25.7. The van der Waals surface area contributed by atoms with Crippen LogP contribution in [0.4, 0.5) is 0 Å². The molecular weight excluding hydrogens is 520 g/mol. The minimum atomic E-state index is -0.206. The normalized spacial score (nSPS) is 32.3. The van der Waals surface area contributed by atoms with E-state index in [1.54, 1.807) is 12.5 Å². The van der Waals surface area contributed by atoms with E-state index in [9.17, 15) is 4.79 Å². The Hall–Kier alpha value is -2.05. The molecule has 5 heterocycles. The van der Waals surface area contributed by atoms with E-state index in [0.717, 1.165) is 56.7 Å². The van der Waals surface area contributed by atoms with Gasteiger partial charge in [0.25, 0.3) is 0 Å². The minimum Gasteiger partial charge on any atom is -0.342 e. The predicted molar refractivity (Wildman–Crippen MR) is 151 cm³/mol. The Kier molecular flexibility index (Phi) is 10.0. The summed E-state index contributed by atoms with van der Waals surface area (Å²) in [6.07, 6.45) is 9.93.